The molecule has 2 rings (SSSR count). The summed E-state index contributed by atoms with van der Waals surface area (Å²) in [5.74, 6) is 0.0440. The lowest BCUT2D eigenvalue weighted by Crippen LogP contribution is -2.07. The second kappa shape index (κ2) is 6.62. The number of hydrogen-bond acceptors (Lipinski definition) is 5. The van der Waals surface area contributed by atoms with E-state index in [1.807, 2.05) is 6.92 Å². The third-order valence-electron chi connectivity index (χ3n) is 2.80. The maximum atomic E-state index is 11.7. The van der Waals surface area contributed by atoms with Gasteiger partial charge >= 0.3 is 5.97 Å². The Morgan fingerprint density at radius 2 is 2.38 bits per heavy atom. The van der Waals surface area contributed by atoms with Crippen molar-refractivity contribution in [2.45, 2.75) is 19.9 Å². The highest BCUT2D eigenvalue weighted by Gasteiger charge is 2.16. The Labute approximate surface area is 120 Å². The molecule has 0 unspecified atom stereocenters. The largest absolute Gasteiger partial charge is 0.490 e. The molecule has 0 saturated heterocycles. The standard InChI is InChI=1S/C13H15N5O3/c1-3-4-21-11-5-9(6-16-17-14)8-18-10(13(19)20-2)7-15-12(11)18/h5,7-8H,3-4,6H2,1-2H3. The van der Waals surface area contributed by atoms with Gasteiger partial charge in [0.15, 0.2) is 17.1 Å². The summed E-state index contributed by atoms with van der Waals surface area (Å²) in [7, 11) is 1.31. The van der Waals surface area contributed by atoms with Crippen LogP contribution in [0.2, 0.25) is 0 Å². The molecule has 8 heteroatoms. The molecule has 21 heavy (non-hydrogen) atoms. The van der Waals surface area contributed by atoms with E-state index in [1.165, 1.54) is 13.3 Å². The molecule has 110 valence electrons. The van der Waals surface area contributed by atoms with Crippen LogP contribution in [-0.4, -0.2) is 29.1 Å². The molecule has 8 nitrogen and oxygen atoms in total. The zero-order valence-electron chi connectivity index (χ0n) is 11.8. The molecule has 0 aromatic carbocycles. The molecule has 2 heterocycles. The maximum absolute atomic E-state index is 11.7. The van der Waals surface area contributed by atoms with Crippen LogP contribution in [0.3, 0.4) is 0 Å². The molecule has 0 fully saturated rings. The molecular formula is C13H15N5O3. The van der Waals surface area contributed by atoms with E-state index in [1.54, 1.807) is 16.7 Å². The normalized spacial score (nSPS) is 10.2. The predicted molar refractivity (Wildman–Crippen MR) is 75.2 cm³/mol. The Hall–Kier alpha value is -2.73. The van der Waals surface area contributed by atoms with Gasteiger partial charge in [-0.25, -0.2) is 9.78 Å². The van der Waals surface area contributed by atoms with Gasteiger partial charge in [-0.2, -0.15) is 0 Å². The molecular weight excluding hydrogens is 274 g/mol. The van der Waals surface area contributed by atoms with Gasteiger partial charge in [-0.15, -0.1) is 0 Å². The molecule has 0 spiro atoms. The van der Waals surface area contributed by atoms with Gasteiger partial charge in [0.05, 0.1) is 26.5 Å². The number of azide groups is 1. The van der Waals surface area contributed by atoms with E-state index in [0.717, 1.165) is 12.0 Å². The van der Waals surface area contributed by atoms with Crippen molar-refractivity contribution in [3.8, 4) is 5.75 Å². The summed E-state index contributed by atoms with van der Waals surface area (Å²) >= 11 is 0. The van der Waals surface area contributed by atoms with Crippen LogP contribution >= 0.6 is 0 Å². The van der Waals surface area contributed by atoms with Crippen molar-refractivity contribution in [3.63, 3.8) is 0 Å². The average molecular weight is 289 g/mol. The Kier molecular flexibility index (Phi) is 4.63. The molecule has 0 aliphatic rings. The summed E-state index contributed by atoms with van der Waals surface area (Å²) < 4.78 is 12.0. The average Bonchev–Trinajstić information content (AvgIpc) is 2.93. The van der Waals surface area contributed by atoms with E-state index < -0.39 is 5.97 Å². The van der Waals surface area contributed by atoms with Crippen molar-refractivity contribution in [3.05, 3.63) is 40.2 Å². The van der Waals surface area contributed by atoms with E-state index in [-0.39, 0.29) is 12.2 Å². The fraction of sp³-hybridized carbons (Fsp3) is 0.385. The van der Waals surface area contributed by atoms with Gasteiger partial charge in [0.25, 0.3) is 0 Å². The number of pyridine rings is 1. The smallest absolute Gasteiger partial charge is 0.356 e. The number of fused-ring (bicyclic) bond motifs is 1. The Bertz CT molecular complexity index is 703. The molecule has 0 amide bonds. The van der Waals surface area contributed by atoms with Crippen molar-refractivity contribution in [1.82, 2.24) is 9.38 Å². The van der Waals surface area contributed by atoms with E-state index in [4.69, 9.17) is 15.0 Å². The Morgan fingerprint density at radius 1 is 1.57 bits per heavy atom. The first-order chi connectivity index (χ1) is 10.2. The van der Waals surface area contributed by atoms with E-state index in [9.17, 15) is 4.79 Å². The third-order valence-corrected chi connectivity index (χ3v) is 2.80. The van der Waals surface area contributed by atoms with Crippen molar-refractivity contribution in [1.29, 1.82) is 0 Å². The van der Waals surface area contributed by atoms with Crippen molar-refractivity contribution in [2.75, 3.05) is 13.7 Å². The lowest BCUT2D eigenvalue weighted by Gasteiger charge is -2.09. The van der Waals surface area contributed by atoms with Crippen LogP contribution < -0.4 is 4.74 Å². The highest BCUT2D eigenvalue weighted by molar-refractivity contribution is 5.88. The summed E-state index contributed by atoms with van der Waals surface area (Å²) in [5.41, 5.74) is 9.95. The number of ether oxygens (including phenoxy) is 2. The topological polar surface area (TPSA) is 102 Å². The number of carbonyl (C=O) groups is 1. The summed E-state index contributed by atoms with van der Waals surface area (Å²) in [5, 5.41) is 3.52. The van der Waals surface area contributed by atoms with Gasteiger partial charge in [-0.3, -0.25) is 4.40 Å². The van der Waals surface area contributed by atoms with Crippen LogP contribution in [0.5, 0.6) is 5.75 Å². The highest BCUT2D eigenvalue weighted by Crippen LogP contribution is 2.23. The van der Waals surface area contributed by atoms with Crippen LogP contribution in [0.15, 0.2) is 23.6 Å². The van der Waals surface area contributed by atoms with Crippen LogP contribution in [0.4, 0.5) is 0 Å². The fourth-order valence-corrected chi connectivity index (χ4v) is 1.88. The lowest BCUT2D eigenvalue weighted by molar-refractivity contribution is 0.0593. The Balaban J connectivity index is 2.55. The minimum Gasteiger partial charge on any atom is -0.490 e. The number of methoxy groups -OCH3 is 1. The molecule has 0 radical (unpaired) electrons. The number of esters is 1. The second-order valence-corrected chi connectivity index (χ2v) is 4.28. The zero-order chi connectivity index (χ0) is 15.2. The van der Waals surface area contributed by atoms with Gasteiger partial charge in [-0.05, 0) is 23.6 Å². The SMILES string of the molecule is CCCOc1cc(CN=[N+]=[N-])cn2c(C(=O)OC)cnc12. The second-order valence-electron chi connectivity index (χ2n) is 4.28. The molecule has 0 aliphatic heterocycles. The maximum Gasteiger partial charge on any atom is 0.356 e. The predicted octanol–water partition coefficient (Wildman–Crippen LogP) is 2.72. The third kappa shape index (κ3) is 3.06. The van der Waals surface area contributed by atoms with E-state index in [0.29, 0.717) is 18.0 Å². The lowest BCUT2D eigenvalue weighted by atomic mass is 10.2. The summed E-state index contributed by atoms with van der Waals surface area (Å²) in [6, 6.07) is 1.76. The molecule has 0 atom stereocenters. The van der Waals surface area contributed by atoms with Crippen LogP contribution in [0.25, 0.3) is 16.1 Å². The number of nitrogens with zero attached hydrogens (tertiary/aromatic N) is 5. The van der Waals surface area contributed by atoms with Crippen LogP contribution in [0, 0.1) is 0 Å². The molecule has 0 bridgehead atoms. The van der Waals surface area contributed by atoms with E-state index >= 15 is 0 Å². The molecule has 2 aromatic heterocycles. The summed E-state index contributed by atoms with van der Waals surface area (Å²) in [6.45, 7) is 2.68. The minimum atomic E-state index is -0.495. The molecule has 0 N–H and O–H groups in total. The van der Waals surface area contributed by atoms with Crippen molar-refractivity contribution in [2.24, 2.45) is 5.11 Å². The monoisotopic (exact) mass is 289 g/mol. The fourth-order valence-electron chi connectivity index (χ4n) is 1.88. The summed E-state index contributed by atoms with van der Waals surface area (Å²) in [4.78, 5) is 18.7. The number of hydrogen-bond donors (Lipinski definition) is 0. The van der Waals surface area contributed by atoms with Crippen LogP contribution in [0.1, 0.15) is 29.4 Å². The zero-order valence-corrected chi connectivity index (χ0v) is 11.8. The van der Waals surface area contributed by atoms with Gasteiger partial charge in [-0.1, -0.05) is 12.0 Å². The van der Waals surface area contributed by atoms with Gasteiger partial charge in [0, 0.05) is 11.1 Å². The number of aromatic nitrogens is 2. The number of rotatable bonds is 6. The molecule has 2 aromatic rings. The molecule has 0 aliphatic carbocycles. The van der Waals surface area contributed by atoms with Crippen LogP contribution in [-0.2, 0) is 11.3 Å². The first-order valence-corrected chi connectivity index (χ1v) is 6.43. The van der Waals surface area contributed by atoms with Gasteiger partial charge < -0.3 is 9.47 Å². The van der Waals surface area contributed by atoms with Crippen molar-refractivity contribution >= 4 is 11.6 Å². The minimum absolute atomic E-state index is 0.160. The van der Waals surface area contributed by atoms with Crippen molar-refractivity contribution < 1.29 is 14.3 Å². The summed E-state index contributed by atoms with van der Waals surface area (Å²) in [6.07, 6.45) is 3.96. The Morgan fingerprint density at radius 3 is 3.05 bits per heavy atom. The van der Waals surface area contributed by atoms with Gasteiger partial charge in [0.2, 0.25) is 0 Å². The number of carbonyl (C=O) groups excluding carboxylic acids is 1. The first kappa shape index (κ1) is 14.7. The van der Waals surface area contributed by atoms with Gasteiger partial charge in [0.1, 0.15) is 0 Å². The highest BCUT2D eigenvalue weighted by atomic mass is 16.5. The molecule has 0 saturated carbocycles. The first-order valence-electron chi connectivity index (χ1n) is 6.43. The van der Waals surface area contributed by atoms with E-state index in [2.05, 4.69) is 15.0 Å². The quantitative estimate of drug-likeness (QED) is 0.353. The number of imidazole rings is 1.